The lowest BCUT2D eigenvalue weighted by molar-refractivity contribution is 0.0697. The van der Waals surface area contributed by atoms with Gasteiger partial charge in [-0.05, 0) is 25.0 Å². The zero-order valence-electron chi connectivity index (χ0n) is 8.98. The van der Waals surface area contributed by atoms with Crippen molar-refractivity contribution in [2.45, 2.75) is 18.9 Å². The van der Waals surface area contributed by atoms with Crippen LogP contribution in [0.15, 0.2) is 24.3 Å². The average molecular weight is 221 g/mol. The highest BCUT2D eigenvalue weighted by Crippen LogP contribution is 2.19. The molecule has 1 heterocycles. The van der Waals surface area contributed by atoms with Crippen molar-refractivity contribution >= 4 is 11.7 Å². The van der Waals surface area contributed by atoms with Crippen molar-refractivity contribution in [2.24, 2.45) is 0 Å². The molecule has 0 atom stereocenters. The summed E-state index contributed by atoms with van der Waals surface area (Å²) in [5, 5.41) is 12.3. The maximum absolute atomic E-state index is 11.0. The van der Waals surface area contributed by atoms with Crippen LogP contribution in [0.5, 0.6) is 0 Å². The molecule has 0 aromatic heterocycles. The smallest absolute Gasteiger partial charge is 0.337 e. The maximum atomic E-state index is 11.0. The van der Waals surface area contributed by atoms with Gasteiger partial charge in [0.05, 0.1) is 5.56 Å². The van der Waals surface area contributed by atoms with Gasteiger partial charge in [0.15, 0.2) is 0 Å². The standard InChI is InChI=1S/C12H15NO3/c14-12(15)10-3-1-2-4-11(10)13-9-5-7-16-8-6-9/h1-4,9,13H,5-8H2,(H,14,15). The van der Waals surface area contributed by atoms with Crippen LogP contribution in [0.25, 0.3) is 0 Å². The van der Waals surface area contributed by atoms with Gasteiger partial charge in [0, 0.05) is 24.9 Å². The molecule has 0 saturated carbocycles. The molecular formula is C12H15NO3. The van der Waals surface area contributed by atoms with E-state index in [0.29, 0.717) is 17.3 Å². The van der Waals surface area contributed by atoms with Crippen LogP contribution >= 0.6 is 0 Å². The highest BCUT2D eigenvalue weighted by Gasteiger charge is 2.16. The molecule has 0 bridgehead atoms. The summed E-state index contributed by atoms with van der Waals surface area (Å²) in [5.41, 5.74) is 1.02. The summed E-state index contributed by atoms with van der Waals surface area (Å²) in [6, 6.07) is 7.31. The van der Waals surface area contributed by atoms with E-state index in [9.17, 15) is 4.79 Å². The fourth-order valence-electron chi connectivity index (χ4n) is 1.86. The Balaban J connectivity index is 2.10. The van der Waals surface area contributed by atoms with E-state index in [4.69, 9.17) is 9.84 Å². The van der Waals surface area contributed by atoms with E-state index < -0.39 is 5.97 Å². The van der Waals surface area contributed by atoms with Gasteiger partial charge in [-0.1, -0.05) is 12.1 Å². The zero-order valence-corrected chi connectivity index (χ0v) is 8.98. The molecule has 1 aromatic rings. The summed E-state index contributed by atoms with van der Waals surface area (Å²) in [4.78, 5) is 11.0. The van der Waals surface area contributed by atoms with E-state index in [0.717, 1.165) is 26.1 Å². The Bertz CT molecular complexity index is 372. The number of hydrogen-bond donors (Lipinski definition) is 2. The second-order valence-corrected chi connectivity index (χ2v) is 3.88. The van der Waals surface area contributed by atoms with Crippen molar-refractivity contribution in [3.63, 3.8) is 0 Å². The van der Waals surface area contributed by atoms with Crippen LogP contribution in [0.2, 0.25) is 0 Å². The van der Waals surface area contributed by atoms with Gasteiger partial charge in [-0.25, -0.2) is 4.79 Å². The molecule has 4 nitrogen and oxygen atoms in total. The predicted molar refractivity (Wildman–Crippen MR) is 60.9 cm³/mol. The average Bonchev–Trinajstić information content (AvgIpc) is 2.31. The first-order valence-corrected chi connectivity index (χ1v) is 5.44. The summed E-state index contributed by atoms with van der Waals surface area (Å²) < 4.78 is 5.26. The molecule has 1 aliphatic heterocycles. The summed E-state index contributed by atoms with van der Waals surface area (Å²) in [6.07, 6.45) is 1.85. The van der Waals surface area contributed by atoms with Gasteiger partial charge in [0.2, 0.25) is 0 Å². The maximum Gasteiger partial charge on any atom is 0.337 e. The molecule has 0 spiro atoms. The molecule has 1 aliphatic rings. The number of rotatable bonds is 3. The first-order chi connectivity index (χ1) is 7.77. The first kappa shape index (κ1) is 11.0. The van der Waals surface area contributed by atoms with E-state index in [1.807, 2.05) is 6.07 Å². The molecule has 2 rings (SSSR count). The third-order valence-corrected chi connectivity index (χ3v) is 2.74. The van der Waals surface area contributed by atoms with Crippen LogP contribution in [0.1, 0.15) is 23.2 Å². The highest BCUT2D eigenvalue weighted by atomic mass is 16.5. The number of aromatic carboxylic acids is 1. The Hall–Kier alpha value is -1.55. The normalized spacial score (nSPS) is 17.0. The van der Waals surface area contributed by atoms with Gasteiger partial charge in [-0.2, -0.15) is 0 Å². The zero-order chi connectivity index (χ0) is 11.4. The lowest BCUT2D eigenvalue weighted by atomic mass is 10.1. The number of carbonyl (C=O) groups is 1. The molecule has 86 valence electrons. The van der Waals surface area contributed by atoms with E-state index in [1.54, 1.807) is 18.2 Å². The minimum absolute atomic E-state index is 0.314. The van der Waals surface area contributed by atoms with Crippen molar-refractivity contribution in [1.82, 2.24) is 0 Å². The van der Waals surface area contributed by atoms with E-state index in [-0.39, 0.29) is 0 Å². The third-order valence-electron chi connectivity index (χ3n) is 2.74. The van der Waals surface area contributed by atoms with Crippen molar-refractivity contribution < 1.29 is 14.6 Å². The van der Waals surface area contributed by atoms with E-state index in [1.165, 1.54) is 0 Å². The molecular weight excluding hydrogens is 206 g/mol. The number of carboxylic acids is 1. The Kier molecular flexibility index (Phi) is 3.41. The minimum Gasteiger partial charge on any atom is -0.478 e. The minimum atomic E-state index is -0.893. The van der Waals surface area contributed by atoms with Crippen LogP contribution < -0.4 is 5.32 Å². The molecule has 1 fully saturated rings. The van der Waals surface area contributed by atoms with Gasteiger partial charge in [0.25, 0.3) is 0 Å². The quantitative estimate of drug-likeness (QED) is 0.819. The van der Waals surface area contributed by atoms with Gasteiger partial charge in [0.1, 0.15) is 0 Å². The number of carboxylic acid groups (broad SMARTS) is 1. The number of anilines is 1. The molecule has 0 amide bonds. The van der Waals surface area contributed by atoms with Gasteiger partial charge >= 0.3 is 5.97 Å². The molecule has 0 unspecified atom stereocenters. The summed E-state index contributed by atoms with van der Waals surface area (Å²) in [5.74, 6) is -0.893. The van der Waals surface area contributed by atoms with Gasteiger partial charge in [-0.3, -0.25) is 0 Å². The monoisotopic (exact) mass is 221 g/mol. The second-order valence-electron chi connectivity index (χ2n) is 3.88. The lowest BCUT2D eigenvalue weighted by Gasteiger charge is -2.24. The van der Waals surface area contributed by atoms with Crippen LogP contribution in [0, 0.1) is 0 Å². The van der Waals surface area contributed by atoms with Crippen LogP contribution in [0.4, 0.5) is 5.69 Å². The Morgan fingerprint density at radius 1 is 1.31 bits per heavy atom. The summed E-state index contributed by atoms with van der Waals surface area (Å²) in [7, 11) is 0. The van der Waals surface area contributed by atoms with Crippen molar-refractivity contribution in [3.8, 4) is 0 Å². The number of ether oxygens (including phenoxy) is 1. The van der Waals surface area contributed by atoms with Crippen LogP contribution in [0.3, 0.4) is 0 Å². The lowest BCUT2D eigenvalue weighted by Crippen LogP contribution is -2.28. The number of benzene rings is 1. The van der Waals surface area contributed by atoms with Crippen molar-refractivity contribution in [3.05, 3.63) is 29.8 Å². The fraction of sp³-hybridized carbons (Fsp3) is 0.417. The molecule has 1 aromatic carbocycles. The number of nitrogens with one attached hydrogen (secondary N) is 1. The molecule has 2 N–H and O–H groups in total. The largest absolute Gasteiger partial charge is 0.478 e. The van der Waals surface area contributed by atoms with E-state index >= 15 is 0 Å². The van der Waals surface area contributed by atoms with E-state index in [2.05, 4.69) is 5.32 Å². The van der Waals surface area contributed by atoms with Crippen LogP contribution in [-0.4, -0.2) is 30.3 Å². The third kappa shape index (κ3) is 2.52. The van der Waals surface area contributed by atoms with Gasteiger partial charge in [-0.15, -0.1) is 0 Å². The first-order valence-electron chi connectivity index (χ1n) is 5.44. The fourth-order valence-corrected chi connectivity index (χ4v) is 1.86. The Morgan fingerprint density at radius 2 is 2.00 bits per heavy atom. The van der Waals surface area contributed by atoms with Crippen molar-refractivity contribution in [1.29, 1.82) is 0 Å². The molecule has 4 heteroatoms. The van der Waals surface area contributed by atoms with Gasteiger partial charge < -0.3 is 15.2 Å². The molecule has 16 heavy (non-hydrogen) atoms. The Labute approximate surface area is 94.2 Å². The summed E-state index contributed by atoms with van der Waals surface area (Å²) in [6.45, 7) is 1.49. The van der Waals surface area contributed by atoms with Crippen LogP contribution in [-0.2, 0) is 4.74 Å². The summed E-state index contributed by atoms with van der Waals surface area (Å²) >= 11 is 0. The predicted octanol–water partition coefficient (Wildman–Crippen LogP) is 1.98. The Morgan fingerprint density at radius 3 is 2.69 bits per heavy atom. The number of para-hydroxylation sites is 1. The number of hydrogen-bond acceptors (Lipinski definition) is 3. The molecule has 1 saturated heterocycles. The van der Waals surface area contributed by atoms with Crippen molar-refractivity contribution in [2.75, 3.05) is 18.5 Å². The SMILES string of the molecule is O=C(O)c1ccccc1NC1CCOCC1. The molecule has 0 radical (unpaired) electrons. The molecule has 0 aliphatic carbocycles. The highest BCUT2D eigenvalue weighted by molar-refractivity contribution is 5.94. The topological polar surface area (TPSA) is 58.6 Å². The second kappa shape index (κ2) is 4.99.